The van der Waals surface area contributed by atoms with Crippen LogP contribution in [-0.2, 0) is 11.8 Å². The molecule has 0 unspecified atom stereocenters. The van der Waals surface area contributed by atoms with Crippen LogP contribution in [0.25, 0.3) is 10.9 Å². The van der Waals surface area contributed by atoms with Gasteiger partial charge in [0.25, 0.3) is 5.69 Å². The minimum Gasteiger partial charge on any atom is -0.495 e. The number of hydrogen-bond acceptors (Lipinski definition) is 8. The van der Waals surface area contributed by atoms with Crippen LogP contribution in [0.5, 0.6) is 5.75 Å². The number of fused-ring (bicyclic) bond motifs is 1. The van der Waals surface area contributed by atoms with E-state index in [2.05, 4.69) is 4.90 Å². The van der Waals surface area contributed by atoms with Gasteiger partial charge in [-0.1, -0.05) is 12.1 Å². The molecule has 0 aliphatic carbocycles. The maximum Gasteiger partial charge on any atom is 0.343 e. The van der Waals surface area contributed by atoms with Crippen molar-refractivity contribution in [3.05, 3.63) is 68.5 Å². The number of anilines is 2. The second-order valence-electron chi connectivity index (χ2n) is 7.96. The first-order valence-electron chi connectivity index (χ1n) is 11.0. The van der Waals surface area contributed by atoms with Crippen LogP contribution in [0.3, 0.4) is 0 Å². The van der Waals surface area contributed by atoms with Crippen LogP contribution in [0.15, 0.2) is 47.4 Å². The Morgan fingerprint density at radius 3 is 2.35 bits per heavy atom. The van der Waals surface area contributed by atoms with Crippen LogP contribution in [0.4, 0.5) is 17.1 Å². The van der Waals surface area contributed by atoms with Crippen molar-refractivity contribution in [1.82, 2.24) is 4.57 Å². The molecule has 10 heteroatoms. The van der Waals surface area contributed by atoms with Crippen LogP contribution < -0.4 is 20.0 Å². The van der Waals surface area contributed by atoms with E-state index >= 15 is 0 Å². The van der Waals surface area contributed by atoms with Gasteiger partial charge in [-0.15, -0.1) is 0 Å². The summed E-state index contributed by atoms with van der Waals surface area (Å²) in [6, 6.07) is 10.7. The molecule has 1 aliphatic heterocycles. The number of nitrogens with zero attached hydrogens (tertiary/aromatic N) is 4. The molecule has 0 radical (unpaired) electrons. The number of esters is 1. The Balaban J connectivity index is 1.70. The third-order valence-electron chi connectivity index (χ3n) is 6.02. The molecule has 1 fully saturated rings. The summed E-state index contributed by atoms with van der Waals surface area (Å²) in [6.07, 6.45) is 1.41. The molecule has 0 amide bonds. The van der Waals surface area contributed by atoms with Crippen LogP contribution in [-0.4, -0.2) is 55.4 Å². The van der Waals surface area contributed by atoms with Crippen LogP contribution in [0.2, 0.25) is 0 Å². The second kappa shape index (κ2) is 9.42. The lowest BCUT2D eigenvalue weighted by molar-refractivity contribution is -0.384. The number of pyridine rings is 1. The van der Waals surface area contributed by atoms with E-state index in [0.29, 0.717) is 37.4 Å². The normalized spacial score (nSPS) is 13.7. The molecular formula is C24H26N4O6. The number of aromatic nitrogens is 1. The van der Waals surface area contributed by atoms with Gasteiger partial charge in [0, 0.05) is 45.5 Å². The topological polar surface area (TPSA) is 107 Å². The molecule has 1 saturated heterocycles. The van der Waals surface area contributed by atoms with E-state index < -0.39 is 16.3 Å². The average Bonchev–Trinajstić information content (AvgIpc) is 2.85. The first kappa shape index (κ1) is 23.1. The summed E-state index contributed by atoms with van der Waals surface area (Å²) in [7, 11) is 3.32. The predicted octanol–water partition coefficient (Wildman–Crippen LogP) is 2.96. The molecule has 0 N–H and O–H groups in total. The zero-order valence-corrected chi connectivity index (χ0v) is 19.3. The molecule has 0 saturated carbocycles. The van der Waals surface area contributed by atoms with Gasteiger partial charge in [-0.3, -0.25) is 14.9 Å². The maximum absolute atomic E-state index is 13.0. The quantitative estimate of drug-likeness (QED) is 0.310. The van der Waals surface area contributed by atoms with Gasteiger partial charge < -0.3 is 23.8 Å². The summed E-state index contributed by atoms with van der Waals surface area (Å²) < 4.78 is 12.1. The number of benzene rings is 2. The smallest absolute Gasteiger partial charge is 0.343 e. The molecular weight excluding hydrogens is 440 g/mol. The number of para-hydroxylation sites is 2. The number of nitro groups is 1. The average molecular weight is 466 g/mol. The van der Waals surface area contributed by atoms with Gasteiger partial charge in [-0.2, -0.15) is 0 Å². The molecule has 1 aliphatic rings. The lowest BCUT2D eigenvalue weighted by Gasteiger charge is -2.37. The van der Waals surface area contributed by atoms with Gasteiger partial charge in [-0.05, 0) is 25.1 Å². The number of hydrogen-bond donors (Lipinski definition) is 0. The number of carbonyl (C=O) groups is 1. The molecule has 10 nitrogen and oxygen atoms in total. The molecule has 34 heavy (non-hydrogen) atoms. The fourth-order valence-corrected chi connectivity index (χ4v) is 4.34. The molecule has 0 bridgehead atoms. The number of ether oxygens (including phenoxy) is 2. The number of aryl methyl sites for hydroxylation is 1. The van der Waals surface area contributed by atoms with Crippen molar-refractivity contribution in [3.8, 4) is 5.75 Å². The SMILES string of the molecule is CCOC(=O)c1cn(C)c2cc(N3CCN(c4ccccc4OC)CC3)c([N+](=O)[O-])cc2c1=O. The number of methoxy groups -OCH3 is 1. The van der Waals surface area contributed by atoms with Gasteiger partial charge in [0.2, 0.25) is 5.43 Å². The molecule has 178 valence electrons. The van der Waals surface area contributed by atoms with Crippen LogP contribution in [0.1, 0.15) is 17.3 Å². The summed E-state index contributed by atoms with van der Waals surface area (Å²) in [5.74, 6) is 0.0317. The monoisotopic (exact) mass is 466 g/mol. The van der Waals surface area contributed by atoms with E-state index in [1.54, 1.807) is 31.7 Å². The molecule has 0 atom stereocenters. The zero-order chi connectivity index (χ0) is 24.4. The number of rotatable bonds is 6. The van der Waals surface area contributed by atoms with Gasteiger partial charge in [-0.25, -0.2) is 4.79 Å². The van der Waals surface area contributed by atoms with E-state index in [-0.39, 0.29) is 23.2 Å². The Bertz CT molecular complexity index is 1310. The van der Waals surface area contributed by atoms with Gasteiger partial charge in [0.05, 0.1) is 35.2 Å². The number of nitro benzene ring substituents is 1. The first-order valence-corrected chi connectivity index (χ1v) is 11.0. The highest BCUT2D eigenvalue weighted by Crippen LogP contribution is 2.34. The summed E-state index contributed by atoms with van der Waals surface area (Å²) in [6.45, 7) is 4.18. The van der Waals surface area contributed by atoms with E-state index in [1.807, 2.05) is 29.2 Å². The second-order valence-corrected chi connectivity index (χ2v) is 7.96. The van der Waals surface area contributed by atoms with E-state index in [4.69, 9.17) is 9.47 Å². The van der Waals surface area contributed by atoms with Crippen molar-refractivity contribution in [2.45, 2.75) is 6.92 Å². The van der Waals surface area contributed by atoms with Gasteiger partial charge in [0.15, 0.2) is 0 Å². The van der Waals surface area contributed by atoms with Crippen molar-refractivity contribution in [1.29, 1.82) is 0 Å². The molecule has 2 heterocycles. The Labute approximate surface area is 196 Å². The Morgan fingerprint density at radius 1 is 1.09 bits per heavy atom. The minimum absolute atomic E-state index is 0.108. The molecule has 4 rings (SSSR count). The molecule has 1 aromatic heterocycles. The highest BCUT2D eigenvalue weighted by molar-refractivity contribution is 5.96. The third-order valence-corrected chi connectivity index (χ3v) is 6.02. The van der Waals surface area contributed by atoms with E-state index in [9.17, 15) is 19.7 Å². The highest BCUT2D eigenvalue weighted by atomic mass is 16.6. The third kappa shape index (κ3) is 4.14. The first-order chi connectivity index (χ1) is 16.3. The number of carbonyl (C=O) groups excluding carboxylic acids is 1. The zero-order valence-electron chi connectivity index (χ0n) is 19.3. The molecule has 0 spiro atoms. The summed E-state index contributed by atoms with van der Waals surface area (Å²) in [5, 5.41) is 12.1. The minimum atomic E-state index is -0.746. The maximum atomic E-state index is 13.0. The predicted molar refractivity (Wildman–Crippen MR) is 129 cm³/mol. The molecule has 2 aromatic carbocycles. The fraction of sp³-hybridized carbons (Fsp3) is 0.333. The Hall–Kier alpha value is -4.08. The Morgan fingerprint density at radius 2 is 1.74 bits per heavy atom. The number of piperazine rings is 1. The lowest BCUT2D eigenvalue weighted by atomic mass is 10.1. The highest BCUT2D eigenvalue weighted by Gasteiger charge is 2.27. The van der Waals surface area contributed by atoms with Crippen molar-refractivity contribution < 1.29 is 19.2 Å². The van der Waals surface area contributed by atoms with Crippen molar-refractivity contribution in [2.75, 3.05) is 49.7 Å². The van der Waals surface area contributed by atoms with Crippen molar-refractivity contribution >= 4 is 33.9 Å². The van der Waals surface area contributed by atoms with Crippen molar-refractivity contribution in [3.63, 3.8) is 0 Å². The van der Waals surface area contributed by atoms with Crippen LogP contribution in [0, 0.1) is 10.1 Å². The standard InChI is InChI=1S/C24H26N4O6/c1-4-34-24(30)17-15-25(2)19-14-20(21(28(31)32)13-16(19)23(17)29)27-11-9-26(10-12-27)18-7-5-6-8-22(18)33-3/h5-8,13-15H,4,9-12H2,1-3H3. The Kier molecular flexibility index (Phi) is 6.40. The van der Waals surface area contributed by atoms with Crippen molar-refractivity contribution in [2.24, 2.45) is 7.05 Å². The molecule has 3 aromatic rings. The summed E-state index contributed by atoms with van der Waals surface area (Å²) in [5.41, 5.74) is 1.02. The van der Waals surface area contributed by atoms with Gasteiger partial charge >= 0.3 is 5.97 Å². The summed E-state index contributed by atoms with van der Waals surface area (Å²) in [4.78, 5) is 40.7. The van der Waals surface area contributed by atoms with E-state index in [0.717, 1.165) is 11.4 Å². The van der Waals surface area contributed by atoms with Crippen LogP contribution >= 0.6 is 0 Å². The summed E-state index contributed by atoms with van der Waals surface area (Å²) >= 11 is 0. The van der Waals surface area contributed by atoms with E-state index in [1.165, 1.54) is 12.3 Å². The fourth-order valence-electron chi connectivity index (χ4n) is 4.34. The largest absolute Gasteiger partial charge is 0.495 e. The van der Waals surface area contributed by atoms with Gasteiger partial charge in [0.1, 0.15) is 17.0 Å². The lowest BCUT2D eigenvalue weighted by Crippen LogP contribution is -2.46.